The second-order valence-electron chi connectivity index (χ2n) is 11.8. The number of aromatic nitrogens is 2. The third-order valence-corrected chi connectivity index (χ3v) is 7.36. The van der Waals surface area contributed by atoms with E-state index in [9.17, 15) is 45.8 Å². The Hall–Kier alpha value is -3.82. The molecule has 3 amide bonds. The number of ether oxygens (including phenoxy) is 1. The molecule has 44 heavy (non-hydrogen) atoms. The van der Waals surface area contributed by atoms with E-state index < -0.39 is 90.1 Å². The van der Waals surface area contributed by atoms with Crippen LogP contribution in [0.2, 0.25) is 0 Å². The Kier molecular flexibility index (Phi) is 9.51. The fraction of sp³-hybridized carbons (Fsp3) is 0.571. The number of rotatable bonds is 7. The van der Waals surface area contributed by atoms with Gasteiger partial charge in [0.05, 0.1) is 24.9 Å². The Balaban J connectivity index is 1.59. The van der Waals surface area contributed by atoms with Gasteiger partial charge in [0.1, 0.15) is 11.4 Å². The average Bonchev–Trinajstić information content (AvgIpc) is 3.54. The summed E-state index contributed by atoms with van der Waals surface area (Å²) in [6.07, 6.45) is -5.80. The zero-order valence-electron chi connectivity index (χ0n) is 24.3. The predicted molar refractivity (Wildman–Crippen MR) is 142 cm³/mol. The summed E-state index contributed by atoms with van der Waals surface area (Å²) >= 11 is 0. The maximum Gasteiger partial charge on any atom is 0.449 e. The monoisotopic (exact) mass is 633 g/mol. The molecular formula is C28H33F6N5O5. The molecule has 1 saturated heterocycles. The third-order valence-electron chi connectivity index (χ3n) is 7.36. The molecule has 0 saturated carbocycles. The number of likely N-dealkylation sites (tertiary alicyclic amines) is 1. The molecule has 2 aromatic rings. The number of amides is 3. The van der Waals surface area contributed by atoms with Crippen LogP contribution >= 0.6 is 0 Å². The number of carbonyl (C=O) groups is 3. The highest BCUT2D eigenvalue weighted by Crippen LogP contribution is 2.34. The van der Waals surface area contributed by atoms with Gasteiger partial charge in [-0.05, 0) is 51.7 Å². The van der Waals surface area contributed by atoms with E-state index in [2.05, 4.69) is 10.3 Å². The molecule has 10 nitrogen and oxygen atoms in total. The van der Waals surface area contributed by atoms with Crippen molar-refractivity contribution in [3.63, 3.8) is 0 Å². The Morgan fingerprint density at radius 1 is 1.07 bits per heavy atom. The van der Waals surface area contributed by atoms with Gasteiger partial charge < -0.3 is 29.5 Å². The van der Waals surface area contributed by atoms with E-state index >= 15 is 0 Å². The van der Waals surface area contributed by atoms with Gasteiger partial charge in [0.15, 0.2) is 17.3 Å². The Morgan fingerprint density at radius 3 is 2.39 bits per heavy atom. The van der Waals surface area contributed by atoms with E-state index in [-0.39, 0.29) is 37.5 Å². The van der Waals surface area contributed by atoms with Crippen LogP contribution in [-0.4, -0.2) is 79.7 Å². The van der Waals surface area contributed by atoms with Crippen molar-refractivity contribution < 1.29 is 50.6 Å². The smallest absolute Gasteiger partial charge is 0.444 e. The number of alkyl halides is 3. The topological polar surface area (TPSA) is 117 Å². The summed E-state index contributed by atoms with van der Waals surface area (Å²) in [4.78, 5) is 45.4. The van der Waals surface area contributed by atoms with Crippen LogP contribution in [0.3, 0.4) is 0 Å². The molecule has 1 aromatic heterocycles. The molecule has 2 aliphatic rings. The highest BCUT2D eigenvalue weighted by atomic mass is 19.4. The van der Waals surface area contributed by atoms with Crippen LogP contribution in [-0.2, 0) is 35.2 Å². The molecule has 0 radical (unpaired) electrons. The molecule has 4 rings (SSSR count). The van der Waals surface area contributed by atoms with Crippen LogP contribution in [0.25, 0.3) is 0 Å². The Morgan fingerprint density at radius 2 is 1.75 bits per heavy atom. The molecule has 1 aromatic carbocycles. The number of hydrogen-bond donors (Lipinski definition) is 2. The van der Waals surface area contributed by atoms with Crippen LogP contribution in [0.15, 0.2) is 12.1 Å². The van der Waals surface area contributed by atoms with Crippen LogP contribution in [0, 0.1) is 17.5 Å². The third kappa shape index (κ3) is 7.45. The van der Waals surface area contributed by atoms with Crippen molar-refractivity contribution in [3.05, 3.63) is 52.4 Å². The molecule has 2 atom stereocenters. The number of alkyl carbamates (subject to hydrolysis) is 1. The highest BCUT2D eigenvalue weighted by molar-refractivity contribution is 5.94. The molecule has 0 aliphatic carbocycles. The second kappa shape index (κ2) is 12.7. The molecule has 3 heterocycles. The van der Waals surface area contributed by atoms with Crippen molar-refractivity contribution in [2.75, 3.05) is 19.7 Å². The van der Waals surface area contributed by atoms with E-state index in [4.69, 9.17) is 4.74 Å². The lowest BCUT2D eigenvalue weighted by molar-refractivity contribution is -0.148. The van der Waals surface area contributed by atoms with Gasteiger partial charge in [-0.15, -0.1) is 0 Å². The standard InChI is InChI=1S/C28H33F6N5O5/c1-27(2,3)44-26(43)35-16(9-15-10-19(30)20(31)12-18(15)29)11-22(41)37-7-8-39-21(13-37)23(36-25(39)28(32,33)34)24(42)38-6-4-5-17(38)14-40/h10,12,16-17,40H,4-9,11,13-14H2,1-3H3,(H,35,43)/t16-,17-/m1/s1. The van der Waals surface area contributed by atoms with Crippen molar-refractivity contribution >= 4 is 17.9 Å². The zero-order chi connectivity index (χ0) is 32.6. The number of nitrogens with one attached hydrogen (secondary N) is 1. The molecule has 0 unspecified atom stereocenters. The van der Waals surface area contributed by atoms with Gasteiger partial charge in [0.25, 0.3) is 5.91 Å². The molecule has 1 fully saturated rings. The molecule has 0 spiro atoms. The summed E-state index contributed by atoms with van der Waals surface area (Å²) in [6, 6.07) is -0.828. The van der Waals surface area contributed by atoms with E-state index in [1.54, 1.807) is 20.8 Å². The van der Waals surface area contributed by atoms with E-state index in [0.29, 0.717) is 25.0 Å². The Bertz CT molecular complexity index is 1420. The number of nitrogens with zero attached hydrogens (tertiary/aromatic N) is 4. The number of hydrogen-bond acceptors (Lipinski definition) is 6. The fourth-order valence-corrected chi connectivity index (χ4v) is 5.37. The minimum Gasteiger partial charge on any atom is -0.444 e. The zero-order valence-corrected chi connectivity index (χ0v) is 24.3. The lowest BCUT2D eigenvalue weighted by Crippen LogP contribution is -2.46. The number of benzene rings is 1. The minimum absolute atomic E-state index is 0.145. The summed E-state index contributed by atoms with van der Waals surface area (Å²) in [5, 5.41) is 12.1. The van der Waals surface area contributed by atoms with Gasteiger partial charge in [-0.25, -0.2) is 22.9 Å². The van der Waals surface area contributed by atoms with Crippen LogP contribution < -0.4 is 5.32 Å². The largest absolute Gasteiger partial charge is 0.449 e. The predicted octanol–water partition coefficient (Wildman–Crippen LogP) is 3.78. The lowest BCUT2D eigenvalue weighted by Gasteiger charge is -2.31. The number of imidazole rings is 1. The molecule has 0 bridgehead atoms. The molecular weight excluding hydrogens is 600 g/mol. The maximum absolute atomic E-state index is 14.5. The fourth-order valence-electron chi connectivity index (χ4n) is 5.37. The van der Waals surface area contributed by atoms with Crippen LogP contribution in [0.4, 0.5) is 31.1 Å². The second-order valence-corrected chi connectivity index (χ2v) is 11.8. The quantitative estimate of drug-likeness (QED) is 0.354. The summed E-state index contributed by atoms with van der Waals surface area (Å²) in [5.41, 5.74) is -1.90. The van der Waals surface area contributed by atoms with Crippen LogP contribution in [0.5, 0.6) is 0 Å². The van der Waals surface area contributed by atoms with Crippen molar-refractivity contribution in [2.24, 2.45) is 0 Å². The molecule has 2 aliphatic heterocycles. The van der Waals surface area contributed by atoms with Gasteiger partial charge in [-0.3, -0.25) is 9.59 Å². The average molecular weight is 634 g/mol. The van der Waals surface area contributed by atoms with Crippen molar-refractivity contribution in [1.29, 1.82) is 0 Å². The maximum atomic E-state index is 14.5. The first-order valence-corrected chi connectivity index (χ1v) is 14.0. The van der Waals surface area contributed by atoms with E-state index in [0.717, 1.165) is 4.57 Å². The first-order valence-electron chi connectivity index (χ1n) is 14.0. The highest BCUT2D eigenvalue weighted by Gasteiger charge is 2.43. The number of aliphatic hydroxyl groups is 1. The van der Waals surface area contributed by atoms with Crippen molar-refractivity contribution in [3.8, 4) is 0 Å². The van der Waals surface area contributed by atoms with Crippen molar-refractivity contribution in [2.45, 2.75) is 83.4 Å². The van der Waals surface area contributed by atoms with Crippen LogP contribution in [0.1, 0.15) is 67.6 Å². The van der Waals surface area contributed by atoms with Gasteiger partial charge in [0, 0.05) is 38.2 Å². The summed E-state index contributed by atoms with van der Waals surface area (Å²) in [7, 11) is 0. The first kappa shape index (κ1) is 33.1. The SMILES string of the molecule is CC(C)(C)OC(=O)N[C@@H](CC(=O)N1CCn2c(C(F)(F)F)nc(C(=O)N3CCC[C@@H]3CO)c2C1)Cc1cc(F)c(F)cc1F. The lowest BCUT2D eigenvalue weighted by atomic mass is 10.0. The molecule has 2 N–H and O–H groups in total. The van der Waals surface area contributed by atoms with Gasteiger partial charge in [0.2, 0.25) is 11.7 Å². The summed E-state index contributed by atoms with van der Waals surface area (Å²) < 4.78 is 89.5. The first-order chi connectivity index (χ1) is 20.5. The Labute approximate surface area is 249 Å². The molecule has 242 valence electrons. The number of aliphatic hydroxyl groups excluding tert-OH is 1. The van der Waals surface area contributed by atoms with E-state index in [1.165, 1.54) is 9.80 Å². The van der Waals surface area contributed by atoms with E-state index in [1.807, 2.05) is 0 Å². The van der Waals surface area contributed by atoms with Crippen molar-refractivity contribution in [1.82, 2.24) is 24.7 Å². The number of halogens is 6. The number of carbonyl (C=O) groups excluding carboxylic acids is 3. The van der Waals surface area contributed by atoms with Gasteiger partial charge in [-0.2, -0.15) is 13.2 Å². The summed E-state index contributed by atoms with van der Waals surface area (Å²) in [6.45, 7) is 3.61. The number of fused-ring (bicyclic) bond motifs is 1. The van der Waals surface area contributed by atoms with Gasteiger partial charge in [-0.1, -0.05) is 0 Å². The summed E-state index contributed by atoms with van der Waals surface area (Å²) in [5.74, 6) is -6.64. The minimum atomic E-state index is -4.89. The normalized spacial score (nSPS) is 17.8. The molecule has 16 heteroatoms. The van der Waals surface area contributed by atoms with Gasteiger partial charge >= 0.3 is 12.3 Å².